The third-order valence-corrected chi connectivity index (χ3v) is 19.3. The normalized spacial score (nSPS) is 21.1. The molecule has 0 aromatic rings. The summed E-state index contributed by atoms with van der Waals surface area (Å²) in [6, 6.07) is 0. The van der Waals surface area contributed by atoms with E-state index in [1.54, 1.807) is 24.3 Å². The molecule has 0 saturated heterocycles. The van der Waals surface area contributed by atoms with E-state index >= 15 is 0 Å². The molecule has 0 heterocycles. The number of rotatable bonds is 50. The molecule has 0 radical (unpaired) electrons. The fourth-order valence-corrected chi connectivity index (χ4v) is 13.5. The van der Waals surface area contributed by atoms with Crippen molar-refractivity contribution < 1.29 is 57.3 Å². The second kappa shape index (κ2) is 49.2. The van der Waals surface area contributed by atoms with Crippen LogP contribution in [0, 0.1) is 23.7 Å². The standard InChI is InChI=1S/C81H112Cl4O12/c1-7-12-17-31-42-74(86)95-63(39-25-14-9-3)47-51-67-59(55-71(83)79(67)91)36-29-19-22-33-44-76(88)97-65(41-27-16-11-5)49-53-69-61(57-73(85)81(69)93)37-30-20-23-34-45-77(89)96-64(40-26-15-10-4)48-52-68-60(56-72(84)80(68)92)35-28-18-21-32-43-75(87)94-62(38-24-13-8-2)46-50-66-58(6)54-70(82)78(66)90/h7,12,18-20,28-30,50-65H,8-11,13-17,21-27,31-49H2,1-6H3/b12-7-,28-18-,29-19-,30-20-,66-50+,67-51+,68-52+,69-53+/t58-,59-,60-,61-,62-,63-,64-,65-/m0/s1. The summed E-state index contributed by atoms with van der Waals surface area (Å²) in [5.74, 6) is -2.56. The van der Waals surface area contributed by atoms with E-state index < -0.39 is 12.2 Å². The maximum absolute atomic E-state index is 13.3. The fraction of sp³-hybridized carbons (Fsp3) is 0.605. The molecule has 0 aromatic carbocycles. The molecule has 97 heavy (non-hydrogen) atoms. The van der Waals surface area contributed by atoms with Crippen molar-refractivity contribution in [2.24, 2.45) is 23.7 Å². The van der Waals surface area contributed by atoms with E-state index in [4.69, 9.17) is 65.4 Å². The monoisotopic (exact) mass is 1420 g/mol. The lowest BCUT2D eigenvalue weighted by Crippen LogP contribution is -2.18. The third-order valence-electron chi connectivity index (χ3n) is 18.1. The van der Waals surface area contributed by atoms with Gasteiger partial charge in [-0.1, -0.05) is 230 Å². The van der Waals surface area contributed by atoms with Gasteiger partial charge in [-0.25, -0.2) is 0 Å². The van der Waals surface area contributed by atoms with Gasteiger partial charge < -0.3 is 18.9 Å². The summed E-state index contributed by atoms with van der Waals surface area (Å²) in [5, 5.41) is 0.788. The van der Waals surface area contributed by atoms with Crippen LogP contribution < -0.4 is 0 Å². The summed E-state index contributed by atoms with van der Waals surface area (Å²) in [5.41, 5.74) is 2.45. The number of hydrogen-bond donors (Lipinski definition) is 0. The number of ketones is 4. The van der Waals surface area contributed by atoms with E-state index in [-0.39, 0.29) is 122 Å². The first-order valence-electron chi connectivity index (χ1n) is 36.7. The van der Waals surface area contributed by atoms with Crippen LogP contribution >= 0.6 is 46.4 Å². The lowest BCUT2D eigenvalue weighted by Gasteiger charge is -2.18. The summed E-state index contributed by atoms with van der Waals surface area (Å²) in [6.07, 6.45) is 53.6. The second-order valence-electron chi connectivity index (χ2n) is 26.3. The number of carbonyl (C=O) groups is 8. The number of esters is 4. The predicted octanol–water partition coefficient (Wildman–Crippen LogP) is 21.6. The van der Waals surface area contributed by atoms with Crippen molar-refractivity contribution in [3.8, 4) is 0 Å². The number of hydrogen-bond acceptors (Lipinski definition) is 12. The first-order chi connectivity index (χ1) is 46.8. The van der Waals surface area contributed by atoms with E-state index in [2.05, 4.69) is 27.7 Å². The number of ether oxygens (including phenoxy) is 4. The third kappa shape index (κ3) is 32.6. The zero-order chi connectivity index (χ0) is 70.7. The minimum atomic E-state index is -0.393. The molecule has 0 aromatic heterocycles. The van der Waals surface area contributed by atoms with Gasteiger partial charge in [-0.2, -0.15) is 0 Å². The van der Waals surface area contributed by atoms with E-state index in [1.807, 2.05) is 86.8 Å². The molecule has 536 valence electrons. The summed E-state index contributed by atoms with van der Waals surface area (Å²) in [6.45, 7) is 12.4. The molecule has 0 amide bonds. The van der Waals surface area contributed by atoms with Gasteiger partial charge in [-0.15, -0.1) is 0 Å². The fourth-order valence-electron chi connectivity index (χ4n) is 12.4. The van der Waals surface area contributed by atoms with Gasteiger partial charge in [0.2, 0.25) is 0 Å². The number of allylic oxidation sites excluding steroid dienone is 20. The van der Waals surface area contributed by atoms with Crippen LogP contribution in [0.1, 0.15) is 266 Å². The Kier molecular flexibility index (Phi) is 42.6. The van der Waals surface area contributed by atoms with Gasteiger partial charge in [0, 0.05) is 97.3 Å². The van der Waals surface area contributed by atoms with Crippen molar-refractivity contribution in [1.29, 1.82) is 0 Å². The Labute approximate surface area is 601 Å². The number of unbranched alkanes of at least 4 members (excludes halogenated alkanes) is 12. The lowest BCUT2D eigenvalue weighted by atomic mass is 9.95. The molecule has 0 saturated carbocycles. The van der Waals surface area contributed by atoms with Crippen molar-refractivity contribution in [3.63, 3.8) is 0 Å². The van der Waals surface area contributed by atoms with Crippen LogP contribution in [-0.4, -0.2) is 71.4 Å². The maximum Gasteiger partial charge on any atom is 0.306 e. The molecular weight excluding hydrogens is 1310 g/mol. The zero-order valence-electron chi connectivity index (χ0n) is 59.0. The van der Waals surface area contributed by atoms with Crippen LogP contribution in [0.2, 0.25) is 0 Å². The molecule has 0 N–H and O–H groups in total. The van der Waals surface area contributed by atoms with Crippen molar-refractivity contribution in [2.75, 3.05) is 0 Å². The quantitative estimate of drug-likeness (QED) is 0.0186. The Bertz CT molecular complexity index is 2950. The molecule has 4 aliphatic rings. The molecule has 0 spiro atoms. The van der Waals surface area contributed by atoms with Gasteiger partial charge in [0.05, 0.1) is 20.1 Å². The highest BCUT2D eigenvalue weighted by Gasteiger charge is 2.32. The highest BCUT2D eigenvalue weighted by molar-refractivity contribution is 6.47. The van der Waals surface area contributed by atoms with Gasteiger partial charge >= 0.3 is 23.9 Å². The summed E-state index contributed by atoms with van der Waals surface area (Å²) < 4.78 is 23.9. The SMILES string of the molecule is C/C=C\CCCC(=O)O[C@H](C/C=C1/C(=O)C(Cl)=C[C@@H]1C/C=C\CCCC(=O)O[C@H](C/C=C1/C(=O)C(Cl)=C[C@@H]1C/C=C\CCCC(=O)O[C@H](C/C=C1/C(=O)C(Cl)=C[C@@H]1C/C=C\CCCC(=O)O[C@H](C/C=C1/C(=O)C(Cl)=C[C@@H]1C)CCCCC)CCCCC)CCCCC)CCCCC. The average Bonchev–Trinajstić information content (AvgIpc) is 1.74. The van der Waals surface area contributed by atoms with Crippen molar-refractivity contribution in [3.05, 3.63) is 140 Å². The first-order valence-corrected chi connectivity index (χ1v) is 38.2. The summed E-state index contributed by atoms with van der Waals surface area (Å²) >= 11 is 25.3. The maximum atomic E-state index is 13.3. The molecule has 0 bridgehead atoms. The Morgan fingerprint density at radius 3 is 0.887 bits per heavy atom. The van der Waals surface area contributed by atoms with Crippen LogP contribution in [0.25, 0.3) is 0 Å². The molecule has 8 atom stereocenters. The Morgan fingerprint density at radius 1 is 0.371 bits per heavy atom. The van der Waals surface area contributed by atoms with Gasteiger partial charge in [0.1, 0.15) is 24.4 Å². The van der Waals surface area contributed by atoms with E-state index in [1.165, 1.54) is 0 Å². The smallest absolute Gasteiger partial charge is 0.306 e. The molecule has 12 nitrogen and oxygen atoms in total. The molecule has 0 fully saturated rings. The Hall–Kier alpha value is -5.40. The molecule has 4 rings (SSSR count). The minimum absolute atomic E-state index is 0.0612. The average molecular weight is 1420 g/mol. The Morgan fingerprint density at radius 2 is 0.629 bits per heavy atom. The molecular formula is C81H112Cl4O12. The van der Waals surface area contributed by atoms with Crippen molar-refractivity contribution in [2.45, 2.75) is 291 Å². The van der Waals surface area contributed by atoms with Crippen LogP contribution in [0.15, 0.2) is 140 Å². The first kappa shape index (κ1) is 84.0. The topological polar surface area (TPSA) is 173 Å². The second-order valence-corrected chi connectivity index (χ2v) is 27.9. The summed E-state index contributed by atoms with van der Waals surface area (Å²) in [7, 11) is 0. The highest BCUT2D eigenvalue weighted by Crippen LogP contribution is 2.36. The van der Waals surface area contributed by atoms with E-state index in [0.717, 1.165) is 103 Å². The van der Waals surface area contributed by atoms with Crippen molar-refractivity contribution >= 4 is 93.4 Å². The van der Waals surface area contributed by atoms with Crippen LogP contribution in [-0.2, 0) is 57.3 Å². The lowest BCUT2D eigenvalue weighted by molar-refractivity contribution is -0.150. The molecule has 16 heteroatoms. The molecule has 0 aliphatic heterocycles. The highest BCUT2D eigenvalue weighted by atomic mass is 35.5. The molecule has 4 aliphatic carbocycles. The largest absolute Gasteiger partial charge is 0.462 e. The minimum Gasteiger partial charge on any atom is -0.462 e. The van der Waals surface area contributed by atoms with Gasteiger partial charge in [-0.3, -0.25) is 38.4 Å². The van der Waals surface area contributed by atoms with Crippen LogP contribution in [0.4, 0.5) is 0 Å². The zero-order valence-corrected chi connectivity index (χ0v) is 62.0. The van der Waals surface area contributed by atoms with E-state index in [0.29, 0.717) is 125 Å². The number of carbonyl (C=O) groups excluding carboxylic acids is 8. The van der Waals surface area contributed by atoms with Gasteiger partial charge in [0.25, 0.3) is 0 Å². The predicted molar refractivity (Wildman–Crippen MR) is 394 cm³/mol. The summed E-state index contributed by atoms with van der Waals surface area (Å²) in [4.78, 5) is 104. The van der Waals surface area contributed by atoms with Gasteiger partial charge in [0.15, 0.2) is 23.1 Å². The molecule has 0 unspecified atom stereocenters. The number of halogens is 4. The van der Waals surface area contributed by atoms with Crippen LogP contribution in [0.5, 0.6) is 0 Å². The van der Waals surface area contributed by atoms with Crippen molar-refractivity contribution in [1.82, 2.24) is 0 Å². The Balaban J connectivity index is 1.22. The van der Waals surface area contributed by atoms with Crippen LogP contribution in [0.3, 0.4) is 0 Å². The number of Topliss-reactive ketones (excluding diaryl/α,β-unsaturated/α-hetero) is 4. The van der Waals surface area contributed by atoms with Gasteiger partial charge in [-0.05, 0) is 129 Å². The van der Waals surface area contributed by atoms with E-state index in [9.17, 15) is 38.4 Å².